The van der Waals surface area contributed by atoms with Gasteiger partial charge in [-0.05, 0) is 116 Å². The molecular weight excluding hydrogens is 1490 g/mol. The average Bonchev–Trinajstić information content (AvgIpc) is 0.491. The van der Waals surface area contributed by atoms with Gasteiger partial charge in [0, 0.05) is 134 Å². The summed E-state index contributed by atoms with van der Waals surface area (Å²) in [4.78, 5) is 139. The zero-order valence-corrected chi connectivity index (χ0v) is 70.0. The number of benzene rings is 3. The van der Waals surface area contributed by atoms with Crippen molar-refractivity contribution < 1.29 is 62.1 Å². The van der Waals surface area contributed by atoms with Crippen molar-refractivity contribution in [2.45, 2.75) is 199 Å². The third kappa shape index (κ3) is 44.8. The maximum atomic E-state index is 12.4. The SMILES string of the molecule is CC.CCC(=O)[C@@H](N)CS.CCC(=O)[C@H](CC(=O)NCCNc1ccc([N+](=O)[O-])cc1[N+](=O)[O-])NC(C)=O.CCCCCN=C(CC(C)C)C1=C(O)CC(C)(C)CC1=O.CCCCCNC(C)=O.CN.CNC(=O)Cc1cc(=O)oc2cc(C)ccc12.CNC(=O)Cc1cc(=O)oc2cc(C)ccc12.S=PP=S. The molecule has 108 heavy (non-hydrogen) atoms. The molecule has 0 aliphatic heterocycles. The van der Waals surface area contributed by atoms with E-state index in [0.29, 0.717) is 58.8 Å². The van der Waals surface area contributed by atoms with Gasteiger partial charge < -0.3 is 57.3 Å². The highest BCUT2D eigenvalue weighted by Crippen LogP contribution is 2.37. The predicted molar refractivity (Wildman–Crippen MR) is 443 cm³/mol. The predicted octanol–water partition coefficient (Wildman–Crippen LogP) is 12.4. The first-order valence-corrected chi connectivity index (χ1v) is 40.7. The Morgan fingerprint density at radius 1 is 0.676 bits per heavy atom. The van der Waals surface area contributed by atoms with Crippen molar-refractivity contribution in [3.05, 3.63) is 141 Å². The fourth-order valence-corrected chi connectivity index (χ4v) is 9.85. The molecule has 0 radical (unpaired) electrons. The molecule has 5 amide bonds. The van der Waals surface area contributed by atoms with E-state index in [1.54, 1.807) is 47.0 Å². The smallest absolute Gasteiger partial charge is 0.336 e. The Labute approximate surface area is 653 Å². The molecule has 0 fully saturated rings. The number of ketones is 3. The maximum absolute atomic E-state index is 12.4. The molecule has 11 N–H and O–H groups in total. The Bertz CT molecular complexity index is 3790. The molecule has 0 saturated heterocycles. The van der Waals surface area contributed by atoms with Gasteiger partial charge in [0.1, 0.15) is 28.4 Å². The second kappa shape index (κ2) is 59.5. The van der Waals surface area contributed by atoms with E-state index in [9.17, 15) is 73.3 Å². The van der Waals surface area contributed by atoms with Crippen molar-refractivity contribution in [3.8, 4) is 0 Å². The molecule has 1 aliphatic carbocycles. The van der Waals surface area contributed by atoms with E-state index in [-0.39, 0.29) is 96.7 Å². The van der Waals surface area contributed by atoms with Crippen molar-refractivity contribution >= 4 is 142 Å². The topological polar surface area (TPSA) is 440 Å². The van der Waals surface area contributed by atoms with Gasteiger partial charge in [-0.25, -0.2) is 9.59 Å². The molecule has 2 atom stereocenters. The second-order valence-corrected chi connectivity index (χ2v) is 29.6. The van der Waals surface area contributed by atoms with Crippen LogP contribution in [-0.4, -0.2) is 133 Å². The van der Waals surface area contributed by atoms with Gasteiger partial charge in [-0.2, -0.15) is 12.6 Å². The largest absolute Gasteiger partial charge is 0.511 e. The Hall–Kier alpha value is -8.44. The highest BCUT2D eigenvalue weighted by atomic mass is 32.7. The van der Waals surface area contributed by atoms with Gasteiger partial charge in [0.25, 0.3) is 11.4 Å². The number of hydrogen-bond acceptors (Lipinski definition) is 24. The number of amides is 5. The lowest BCUT2D eigenvalue weighted by atomic mass is 9.75. The molecule has 5 aromatic rings. The first kappa shape index (κ1) is 104. The summed E-state index contributed by atoms with van der Waals surface area (Å²) in [6, 6.07) is 15.8. The summed E-state index contributed by atoms with van der Waals surface area (Å²) in [6.07, 6.45) is 9.55. The number of aliphatic imine (C=N–C) groups is 1. The minimum atomic E-state index is -0.911. The van der Waals surface area contributed by atoms with Crippen molar-refractivity contribution in [1.82, 2.24) is 26.6 Å². The number of fused-ring (bicyclic) bond motifs is 2. The van der Waals surface area contributed by atoms with Gasteiger partial charge in [-0.15, -0.1) is 0 Å². The Morgan fingerprint density at radius 2 is 1.18 bits per heavy atom. The van der Waals surface area contributed by atoms with Crippen LogP contribution in [0.3, 0.4) is 0 Å². The van der Waals surface area contributed by atoms with Crippen molar-refractivity contribution in [2.75, 3.05) is 58.4 Å². The number of unbranched alkanes of at least 4 members (excludes halogenated alkanes) is 4. The number of carbonyl (C=O) groups excluding carboxylic acids is 8. The van der Waals surface area contributed by atoms with Crippen molar-refractivity contribution in [3.63, 3.8) is 0 Å². The fourth-order valence-electron chi connectivity index (χ4n) is 9.64. The number of aryl methyl sites for hydroxylation is 2. The quantitative estimate of drug-likeness (QED) is 0.00388. The summed E-state index contributed by atoms with van der Waals surface area (Å²) in [5.74, 6) is -0.0896. The minimum Gasteiger partial charge on any atom is -0.511 e. The van der Waals surface area contributed by atoms with Gasteiger partial charge in [0.05, 0.1) is 52.8 Å². The fraction of sp³-hybridized carbons (Fsp3) is 0.533. The number of non-ortho nitro benzene ring substituents is 1. The molecule has 1 aliphatic rings. The van der Waals surface area contributed by atoms with E-state index in [2.05, 4.69) is 107 Å². The zero-order valence-electron chi connectivity index (χ0n) is 65.7. The highest BCUT2D eigenvalue weighted by molar-refractivity contribution is 8.40. The molecule has 33 heteroatoms. The van der Waals surface area contributed by atoms with Crippen LogP contribution in [0.2, 0.25) is 0 Å². The number of nitro benzene ring substituents is 2. The van der Waals surface area contributed by atoms with Crippen LogP contribution in [0.15, 0.2) is 101 Å². The van der Waals surface area contributed by atoms with Gasteiger partial charge in [0.15, 0.2) is 11.6 Å². The van der Waals surface area contributed by atoms with E-state index >= 15 is 0 Å². The third-order valence-electron chi connectivity index (χ3n) is 14.8. The summed E-state index contributed by atoms with van der Waals surface area (Å²) >= 11 is 12.7. The lowest BCUT2D eigenvalue weighted by molar-refractivity contribution is -0.393. The molecule has 2 aromatic heterocycles. The molecule has 0 spiro atoms. The van der Waals surface area contributed by atoms with Crippen LogP contribution in [0.25, 0.3) is 21.9 Å². The van der Waals surface area contributed by atoms with E-state index < -0.39 is 50.3 Å². The minimum absolute atomic E-state index is 0.0543. The van der Waals surface area contributed by atoms with Crippen molar-refractivity contribution in [2.24, 2.45) is 27.8 Å². The number of nitrogens with two attached hydrogens (primary N) is 2. The number of nitro groups is 2. The number of allylic oxidation sites excluding steroid dienone is 2. The van der Waals surface area contributed by atoms with Crippen LogP contribution in [0.5, 0.6) is 0 Å². The number of likely N-dealkylation sites (N-methyl/N-ethyl adjacent to an activating group) is 2. The van der Waals surface area contributed by atoms with Crippen LogP contribution >= 0.6 is 26.7 Å². The van der Waals surface area contributed by atoms with Gasteiger partial charge in [0.2, 0.25) is 29.5 Å². The molecule has 600 valence electrons. The third-order valence-corrected chi connectivity index (χ3v) is 17.9. The summed E-state index contributed by atoms with van der Waals surface area (Å²) in [7, 11) is 6.38. The normalized spacial score (nSPS) is 12.2. The number of aliphatic hydroxyl groups excluding tert-OH is 1. The van der Waals surface area contributed by atoms with Crippen LogP contribution in [-0.2, 0) is 74.8 Å². The van der Waals surface area contributed by atoms with E-state index in [4.69, 9.17) is 14.6 Å². The Balaban J connectivity index is -0.00000124. The van der Waals surface area contributed by atoms with Crippen molar-refractivity contribution in [1.29, 1.82) is 0 Å². The van der Waals surface area contributed by atoms with Crippen LogP contribution in [0.1, 0.15) is 182 Å². The summed E-state index contributed by atoms with van der Waals surface area (Å²) in [5.41, 5.74) is 13.8. The molecule has 3 aromatic carbocycles. The molecule has 28 nitrogen and oxygen atoms in total. The van der Waals surface area contributed by atoms with Gasteiger partial charge in [-0.3, -0.25) is 63.6 Å². The number of thiol groups is 1. The monoisotopic (exact) mass is 1600 g/mol. The van der Waals surface area contributed by atoms with E-state index in [1.807, 2.05) is 65.8 Å². The number of rotatable bonds is 30. The maximum Gasteiger partial charge on any atom is 0.336 e. The van der Waals surface area contributed by atoms with Crippen LogP contribution < -0.4 is 54.6 Å². The molecule has 0 bridgehead atoms. The molecule has 0 unspecified atom stereocenters. The Morgan fingerprint density at radius 3 is 1.57 bits per heavy atom. The zero-order chi connectivity index (χ0) is 83.2. The van der Waals surface area contributed by atoms with Gasteiger partial charge in [-0.1, -0.05) is 119 Å². The number of aliphatic hydroxyl groups is 1. The second-order valence-electron chi connectivity index (χ2n) is 25.0. The van der Waals surface area contributed by atoms with Gasteiger partial charge >= 0.3 is 11.3 Å². The first-order chi connectivity index (χ1) is 51.0. The molecule has 0 saturated carbocycles. The number of anilines is 1. The number of hydrogen-bond donors (Lipinski definition) is 10. The molecule has 2 heterocycles. The highest BCUT2D eigenvalue weighted by Gasteiger charge is 2.35. The summed E-state index contributed by atoms with van der Waals surface area (Å²) in [6.45, 7) is 28.4. The molecule has 6 rings (SSSR count). The Kier molecular flexibility index (Phi) is 57.1. The van der Waals surface area contributed by atoms with E-state index in [1.165, 1.54) is 45.0 Å². The standard InChI is InChI=1S/C18H31NO2.C16H21N5O7.2C13H13NO3.C7H15NO.C5H11NOS.C2H6.CH5N.P2S2/c1-6-7-8-9-19-14(10-13(2)3)17-15(20)11-18(4,5)12-16(17)21;1-3-15(23)13(19-10(2)22)9-16(24)18-7-6-17-12-5-4-11(20(25)26)8-14(12)21(27)28;2*1-8-3-4-10-9(6-12(15)14-2)7-13(16)17-11(10)5-8;1-3-4-5-6-8-7(2)9;1-2-5(7)4(6)3-8;2*1-2;3-1-2-4/h13,20H,6-12H2,1-5H3;4-5,8,13,17H,3,6-7,9H2,1-2H3,(H,18,24)(H,19,22);2*3-5,7H,6H2,1-2H3,(H,14,15);3-6H2,1-2H3,(H,8,9);4,8H,2-3,6H2,1H3;1-2H3;2H2,1H3;/t;13-;;;;4-;;;/m.0...0.../s1. The lowest BCUT2D eigenvalue weighted by Crippen LogP contribution is -2.43. The first-order valence-electron chi connectivity index (χ1n) is 35.6. The average molecular weight is 1600 g/mol. The summed E-state index contributed by atoms with van der Waals surface area (Å²) < 4.78 is 10.2. The molecular formula is C75H115N11O17P2S3. The number of Topliss-reactive ketones (excluding diaryl/α,β-unsaturated/α-hetero) is 3. The number of nitrogens with zero attached hydrogens (tertiary/aromatic N) is 3. The number of nitrogens with one attached hydrogen (secondary N) is 6. The van der Waals surface area contributed by atoms with Crippen LogP contribution in [0, 0.1) is 45.4 Å². The van der Waals surface area contributed by atoms with Crippen LogP contribution in [0.4, 0.5) is 17.1 Å². The summed E-state index contributed by atoms with van der Waals surface area (Å²) in [5, 5.41) is 49.2. The lowest BCUT2D eigenvalue weighted by Gasteiger charge is -2.30. The van der Waals surface area contributed by atoms with E-state index in [0.717, 1.165) is 99.0 Å². The number of carbonyl (C=O) groups is 8.